The van der Waals surface area contributed by atoms with Gasteiger partial charge in [-0.25, -0.2) is 4.79 Å². The lowest BCUT2D eigenvalue weighted by atomic mass is 9.98. The fraction of sp³-hybridized carbons (Fsp3) is 0.296. The summed E-state index contributed by atoms with van der Waals surface area (Å²) in [5.74, 6) is -2.04. The standard InChI is InChI=1S/C27H26N2O5S/c30-25(28-22-12-5-11-20(22)26(31)32)24(23-13-6-14-35-23)29-27(33)34-15-21-18-9-3-1-7-16(18)17-8-2-4-10-19(17)21/h1-4,6-10,13-14,20-22,24H,5,11-12,15H2,(H,28,30)(H,29,33)(H,31,32)/t20-,22+,24?/m1/s1. The average Bonchev–Trinajstić information content (AvgIpc) is 3.61. The molecule has 3 aromatic rings. The monoisotopic (exact) mass is 490 g/mol. The fourth-order valence-electron chi connectivity index (χ4n) is 5.17. The van der Waals surface area contributed by atoms with Gasteiger partial charge in [0.15, 0.2) is 0 Å². The van der Waals surface area contributed by atoms with Crippen molar-refractivity contribution in [1.29, 1.82) is 0 Å². The number of fused-ring (bicyclic) bond motifs is 3. The number of hydrogen-bond acceptors (Lipinski definition) is 5. The van der Waals surface area contributed by atoms with Crippen LogP contribution in [-0.4, -0.2) is 35.7 Å². The molecular formula is C27H26N2O5S. The van der Waals surface area contributed by atoms with Crippen LogP contribution in [0.1, 0.15) is 47.2 Å². The minimum Gasteiger partial charge on any atom is -0.481 e. The summed E-state index contributed by atoms with van der Waals surface area (Å²) in [4.78, 5) is 38.1. The predicted molar refractivity (Wildman–Crippen MR) is 132 cm³/mol. The minimum absolute atomic E-state index is 0.0861. The van der Waals surface area contributed by atoms with E-state index in [1.165, 1.54) is 11.3 Å². The van der Waals surface area contributed by atoms with E-state index in [2.05, 4.69) is 22.8 Å². The zero-order valence-electron chi connectivity index (χ0n) is 19.0. The van der Waals surface area contributed by atoms with Gasteiger partial charge in [0.1, 0.15) is 12.6 Å². The molecule has 5 rings (SSSR count). The third-order valence-corrected chi connectivity index (χ3v) is 7.79. The van der Waals surface area contributed by atoms with Gasteiger partial charge in [-0.05, 0) is 46.5 Å². The van der Waals surface area contributed by atoms with Gasteiger partial charge in [-0.1, -0.05) is 61.0 Å². The van der Waals surface area contributed by atoms with Gasteiger partial charge in [-0.2, -0.15) is 0 Å². The number of thiophene rings is 1. The first kappa shape index (κ1) is 23.1. The Labute approximate surface area is 207 Å². The molecule has 7 nitrogen and oxygen atoms in total. The highest BCUT2D eigenvalue weighted by Crippen LogP contribution is 2.44. The topological polar surface area (TPSA) is 105 Å². The number of nitrogens with one attached hydrogen (secondary N) is 2. The third kappa shape index (κ3) is 4.66. The summed E-state index contributed by atoms with van der Waals surface area (Å²) < 4.78 is 5.63. The van der Waals surface area contributed by atoms with Crippen molar-refractivity contribution in [2.75, 3.05) is 6.61 Å². The van der Waals surface area contributed by atoms with Gasteiger partial charge in [-0.15, -0.1) is 11.3 Å². The smallest absolute Gasteiger partial charge is 0.408 e. The molecule has 0 aliphatic heterocycles. The third-order valence-electron chi connectivity index (χ3n) is 6.86. The Morgan fingerprint density at radius 1 is 0.971 bits per heavy atom. The molecule has 2 amide bonds. The van der Waals surface area contributed by atoms with Gasteiger partial charge < -0.3 is 20.5 Å². The number of carboxylic acid groups (broad SMARTS) is 1. The molecule has 1 unspecified atom stereocenters. The molecule has 180 valence electrons. The van der Waals surface area contributed by atoms with E-state index < -0.39 is 36.0 Å². The summed E-state index contributed by atoms with van der Waals surface area (Å²) >= 11 is 1.34. The summed E-state index contributed by atoms with van der Waals surface area (Å²) in [5, 5.41) is 16.8. The van der Waals surface area contributed by atoms with Crippen molar-refractivity contribution in [2.24, 2.45) is 5.92 Å². The lowest BCUT2D eigenvalue weighted by Gasteiger charge is -2.23. The molecule has 3 atom stereocenters. The molecular weight excluding hydrogens is 464 g/mol. The van der Waals surface area contributed by atoms with Crippen molar-refractivity contribution < 1.29 is 24.2 Å². The van der Waals surface area contributed by atoms with E-state index in [0.717, 1.165) is 28.7 Å². The number of alkyl carbamates (subject to hydrolysis) is 1. The van der Waals surface area contributed by atoms with Crippen LogP contribution in [0, 0.1) is 5.92 Å². The number of hydrogen-bond donors (Lipinski definition) is 3. The van der Waals surface area contributed by atoms with Crippen molar-refractivity contribution >= 4 is 29.3 Å². The molecule has 2 aromatic carbocycles. The highest BCUT2D eigenvalue weighted by Gasteiger charge is 2.36. The van der Waals surface area contributed by atoms with Crippen molar-refractivity contribution in [3.63, 3.8) is 0 Å². The molecule has 1 saturated carbocycles. The van der Waals surface area contributed by atoms with Crippen molar-refractivity contribution in [1.82, 2.24) is 10.6 Å². The Morgan fingerprint density at radius 2 is 1.66 bits per heavy atom. The quantitative estimate of drug-likeness (QED) is 0.445. The Hall–Kier alpha value is -3.65. The van der Waals surface area contributed by atoms with E-state index in [4.69, 9.17) is 4.74 Å². The van der Waals surface area contributed by atoms with Gasteiger partial charge in [0.25, 0.3) is 0 Å². The van der Waals surface area contributed by atoms with E-state index in [1.54, 1.807) is 12.1 Å². The van der Waals surface area contributed by atoms with Gasteiger partial charge in [0.05, 0.1) is 5.92 Å². The van der Waals surface area contributed by atoms with Gasteiger partial charge in [-0.3, -0.25) is 9.59 Å². The number of amides is 2. The molecule has 1 heterocycles. The molecule has 3 N–H and O–H groups in total. The zero-order chi connectivity index (χ0) is 24.4. The summed E-state index contributed by atoms with van der Waals surface area (Å²) in [6.45, 7) is 0.141. The second-order valence-electron chi connectivity index (χ2n) is 8.91. The second kappa shape index (κ2) is 9.92. The number of carbonyl (C=O) groups is 3. The van der Waals surface area contributed by atoms with Crippen LogP contribution in [0.4, 0.5) is 4.79 Å². The average molecular weight is 491 g/mol. The molecule has 2 aliphatic rings. The first-order valence-corrected chi connectivity index (χ1v) is 12.6. The number of carboxylic acids is 1. The number of benzene rings is 2. The Bertz CT molecular complexity index is 1200. The lowest BCUT2D eigenvalue weighted by molar-refractivity contribution is -0.142. The Kier molecular flexibility index (Phi) is 6.55. The molecule has 35 heavy (non-hydrogen) atoms. The maximum atomic E-state index is 13.1. The minimum atomic E-state index is -0.958. The number of rotatable bonds is 7. The normalized spacial score (nSPS) is 19.4. The molecule has 1 aromatic heterocycles. The maximum absolute atomic E-state index is 13.1. The Balaban J connectivity index is 1.27. The zero-order valence-corrected chi connectivity index (χ0v) is 19.8. The van der Waals surface area contributed by atoms with E-state index in [-0.39, 0.29) is 12.5 Å². The lowest BCUT2D eigenvalue weighted by Crippen LogP contribution is -2.46. The van der Waals surface area contributed by atoms with E-state index in [9.17, 15) is 19.5 Å². The highest BCUT2D eigenvalue weighted by molar-refractivity contribution is 7.10. The molecule has 1 fully saturated rings. The molecule has 0 radical (unpaired) electrons. The summed E-state index contributed by atoms with van der Waals surface area (Å²) in [6, 6.07) is 18.3. The van der Waals surface area contributed by atoms with E-state index >= 15 is 0 Å². The first-order chi connectivity index (χ1) is 17.0. The van der Waals surface area contributed by atoms with Crippen LogP contribution in [0.5, 0.6) is 0 Å². The summed E-state index contributed by atoms with van der Waals surface area (Å²) in [6.07, 6.45) is 1.18. The van der Waals surface area contributed by atoms with Crippen molar-refractivity contribution in [3.05, 3.63) is 82.0 Å². The van der Waals surface area contributed by atoms with Crippen LogP contribution >= 0.6 is 11.3 Å². The number of carbonyl (C=O) groups excluding carboxylic acids is 2. The van der Waals surface area contributed by atoms with Crippen LogP contribution < -0.4 is 10.6 Å². The molecule has 0 bridgehead atoms. The van der Waals surface area contributed by atoms with E-state index in [1.807, 2.05) is 41.8 Å². The van der Waals surface area contributed by atoms with Crippen molar-refractivity contribution in [2.45, 2.75) is 37.3 Å². The van der Waals surface area contributed by atoms with Gasteiger partial charge in [0.2, 0.25) is 5.91 Å². The number of aliphatic carboxylic acids is 1. The van der Waals surface area contributed by atoms with Crippen LogP contribution in [0.15, 0.2) is 66.0 Å². The van der Waals surface area contributed by atoms with Crippen LogP contribution in [0.25, 0.3) is 11.1 Å². The SMILES string of the molecule is O=C(NC(C(=O)N[C@H]1CCC[C@H]1C(=O)O)c1cccs1)OCC1c2ccccc2-c2ccccc21. The molecule has 8 heteroatoms. The predicted octanol–water partition coefficient (Wildman–Crippen LogP) is 4.70. The second-order valence-corrected chi connectivity index (χ2v) is 9.89. The van der Waals surface area contributed by atoms with E-state index in [0.29, 0.717) is 17.7 Å². The van der Waals surface area contributed by atoms with Gasteiger partial charge in [0, 0.05) is 16.8 Å². The van der Waals surface area contributed by atoms with Gasteiger partial charge >= 0.3 is 12.1 Å². The molecule has 2 aliphatic carbocycles. The largest absolute Gasteiger partial charge is 0.481 e. The molecule has 0 saturated heterocycles. The molecule has 0 spiro atoms. The van der Waals surface area contributed by atoms with Crippen LogP contribution in [0.3, 0.4) is 0 Å². The summed E-state index contributed by atoms with van der Waals surface area (Å²) in [5.41, 5.74) is 4.49. The van der Waals surface area contributed by atoms with Crippen molar-refractivity contribution in [3.8, 4) is 11.1 Å². The summed E-state index contributed by atoms with van der Waals surface area (Å²) in [7, 11) is 0. The fourth-order valence-corrected chi connectivity index (χ4v) is 5.95. The first-order valence-electron chi connectivity index (χ1n) is 11.7. The highest BCUT2D eigenvalue weighted by atomic mass is 32.1. The maximum Gasteiger partial charge on any atom is 0.408 e. The Morgan fingerprint density at radius 3 is 2.29 bits per heavy atom. The van der Waals surface area contributed by atoms with Crippen LogP contribution in [-0.2, 0) is 14.3 Å². The van der Waals surface area contributed by atoms with Crippen LogP contribution in [0.2, 0.25) is 0 Å². The number of ether oxygens (including phenoxy) is 1.